The maximum atomic E-state index is 13.5. The third-order valence-electron chi connectivity index (χ3n) is 1.78. The minimum atomic E-state index is -0.625. The molecule has 0 fully saturated rings. The summed E-state index contributed by atoms with van der Waals surface area (Å²) < 4.78 is 24.1. The molecule has 0 unspecified atom stereocenters. The molecule has 0 heterocycles. The van der Waals surface area contributed by atoms with E-state index in [1.165, 1.54) is 6.07 Å². The predicted molar refractivity (Wildman–Crippen MR) is 61.2 cm³/mol. The first-order valence-corrected chi connectivity index (χ1v) is 5.70. The van der Waals surface area contributed by atoms with Gasteiger partial charge in [-0.1, -0.05) is 22.9 Å². The van der Waals surface area contributed by atoms with Crippen molar-refractivity contribution in [2.75, 3.05) is 6.61 Å². The van der Waals surface area contributed by atoms with Gasteiger partial charge in [-0.3, -0.25) is 4.79 Å². The lowest BCUT2D eigenvalue weighted by Gasteiger charge is -2.11. The van der Waals surface area contributed by atoms with Crippen molar-refractivity contribution in [3.63, 3.8) is 0 Å². The minimum Gasteiger partial charge on any atom is -0.490 e. The van der Waals surface area contributed by atoms with E-state index in [1.54, 1.807) is 19.9 Å². The highest BCUT2D eigenvalue weighted by Crippen LogP contribution is 2.34. The summed E-state index contributed by atoms with van der Waals surface area (Å²) in [6, 6.07) is 2.78. The molecule has 1 aromatic carbocycles. The normalized spacial score (nSPS) is 10.0. The Morgan fingerprint density at radius 3 is 2.69 bits per heavy atom. The zero-order chi connectivity index (χ0) is 12.1. The molecule has 0 aliphatic rings. The molecule has 0 radical (unpaired) electrons. The minimum absolute atomic E-state index is 0.156. The van der Waals surface area contributed by atoms with Crippen LogP contribution >= 0.6 is 15.9 Å². The summed E-state index contributed by atoms with van der Waals surface area (Å²) in [6.07, 6.45) is 0.182. The maximum Gasteiger partial charge on any atom is 0.311 e. The van der Waals surface area contributed by atoms with Crippen LogP contribution in [0.5, 0.6) is 11.5 Å². The first kappa shape index (κ1) is 13.0. The topological polar surface area (TPSA) is 35.5 Å². The van der Waals surface area contributed by atoms with Gasteiger partial charge in [-0.25, -0.2) is 4.39 Å². The number of hydrogen-bond acceptors (Lipinski definition) is 3. The Hall–Kier alpha value is -1.10. The number of rotatable bonds is 4. The van der Waals surface area contributed by atoms with E-state index in [9.17, 15) is 9.18 Å². The lowest BCUT2D eigenvalue weighted by atomic mass is 10.3. The summed E-state index contributed by atoms with van der Waals surface area (Å²) >= 11 is 3.14. The molecule has 3 nitrogen and oxygen atoms in total. The molecule has 0 amide bonds. The fraction of sp³-hybridized carbons (Fsp3) is 0.364. The van der Waals surface area contributed by atoms with Crippen molar-refractivity contribution in [3.8, 4) is 11.5 Å². The molecule has 0 aromatic heterocycles. The molecular formula is C11H12BrFO3. The largest absolute Gasteiger partial charge is 0.490 e. The molecule has 0 aliphatic carbocycles. The van der Waals surface area contributed by atoms with E-state index in [0.29, 0.717) is 11.1 Å². The molecular weight excluding hydrogens is 279 g/mol. The maximum absolute atomic E-state index is 13.5. The van der Waals surface area contributed by atoms with Crippen molar-refractivity contribution in [2.45, 2.75) is 20.3 Å². The average Bonchev–Trinajstić information content (AvgIpc) is 2.23. The van der Waals surface area contributed by atoms with Crippen molar-refractivity contribution >= 4 is 21.9 Å². The van der Waals surface area contributed by atoms with E-state index in [-0.39, 0.29) is 17.9 Å². The molecule has 0 saturated heterocycles. The number of esters is 1. The van der Waals surface area contributed by atoms with Crippen LogP contribution in [-0.4, -0.2) is 12.6 Å². The highest BCUT2D eigenvalue weighted by molar-refractivity contribution is 9.10. The quantitative estimate of drug-likeness (QED) is 0.630. The number of halogens is 2. The monoisotopic (exact) mass is 290 g/mol. The molecule has 0 atom stereocenters. The van der Waals surface area contributed by atoms with Gasteiger partial charge in [0.15, 0.2) is 11.6 Å². The SMILES string of the molecule is CCOc1cc(Br)cc(F)c1OC(=O)CC. The van der Waals surface area contributed by atoms with E-state index in [1.807, 2.05) is 0 Å². The first-order chi connectivity index (χ1) is 7.58. The van der Waals surface area contributed by atoms with Gasteiger partial charge in [0.2, 0.25) is 5.75 Å². The Kier molecular flexibility index (Phi) is 4.73. The van der Waals surface area contributed by atoms with Crippen LogP contribution in [0.1, 0.15) is 20.3 Å². The van der Waals surface area contributed by atoms with Gasteiger partial charge in [-0.2, -0.15) is 0 Å². The summed E-state index contributed by atoms with van der Waals surface area (Å²) in [7, 11) is 0. The first-order valence-electron chi connectivity index (χ1n) is 4.91. The molecule has 0 N–H and O–H groups in total. The summed E-state index contributed by atoms with van der Waals surface area (Å²) in [5.41, 5.74) is 0. The number of carbonyl (C=O) groups excluding carboxylic acids is 1. The third kappa shape index (κ3) is 3.20. The van der Waals surface area contributed by atoms with Crippen molar-refractivity contribution in [1.82, 2.24) is 0 Å². The lowest BCUT2D eigenvalue weighted by Crippen LogP contribution is -2.08. The molecule has 0 saturated carbocycles. The summed E-state index contributed by atoms with van der Waals surface area (Å²) in [4.78, 5) is 11.1. The van der Waals surface area contributed by atoms with Crippen LogP contribution in [0, 0.1) is 5.82 Å². The zero-order valence-corrected chi connectivity index (χ0v) is 10.6. The molecule has 0 aliphatic heterocycles. The second kappa shape index (κ2) is 5.84. The van der Waals surface area contributed by atoms with Gasteiger partial charge in [-0.05, 0) is 19.1 Å². The molecule has 88 valence electrons. The number of benzene rings is 1. The van der Waals surface area contributed by atoms with Crippen LogP contribution in [-0.2, 0) is 4.79 Å². The van der Waals surface area contributed by atoms with E-state index >= 15 is 0 Å². The number of ether oxygens (including phenoxy) is 2. The Bertz CT molecular complexity index is 393. The zero-order valence-electron chi connectivity index (χ0n) is 9.05. The standard InChI is InChI=1S/C11H12BrFO3/c1-3-10(14)16-11-8(13)5-7(12)6-9(11)15-4-2/h5-6H,3-4H2,1-2H3. The number of carbonyl (C=O) groups is 1. The fourth-order valence-corrected chi connectivity index (χ4v) is 1.49. The van der Waals surface area contributed by atoms with Crippen LogP contribution < -0.4 is 9.47 Å². The van der Waals surface area contributed by atoms with E-state index in [0.717, 1.165) is 0 Å². The van der Waals surface area contributed by atoms with Gasteiger partial charge >= 0.3 is 5.97 Å². The van der Waals surface area contributed by atoms with Gasteiger partial charge in [0.1, 0.15) is 0 Å². The van der Waals surface area contributed by atoms with Gasteiger partial charge in [-0.15, -0.1) is 0 Å². The van der Waals surface area contributed by atoms with Crippen molar-refractivity contribution in [3.05, 3.63) is 22.4 Å². The van der Waals surface area contributed by atoms with Crippen LogP contribution in [0.15, 0.2) is 16.6 Å². The molecule has 1 rings (SSSR count). The molecule has 16 heavy (non-hydrogen) atoms. The Morgan fingerprint density at radius 2 is 2.12 bits per heavy atom. The fourth-order valence-electron chi connectivity index (χ4n) is 1.08. The Balaban J connectivity index is 3.08. The Morgan fingerprint density at radius 1 is 1.44 bits per heavy atom. The highest BCUT2D eigenvalue weighted by Gasteiger charge is 2.15. The van der Waals surface area contributed by atoms with Crippen molar-refractivity contribution < 1.29 is 18.7 Å². The van der Waals surface area contributed by atoms with Gasteiger partial charge in [0, 0.05) is 10.9 Å². The van der Waals surface area contributed by atoms with Crippen LogP contribution in [0.25, 0.3) is 0 Å². The van der Waals surface area contributed by atoms with Gasteiger partial charge < -0.3 is 9.47 Å². The second-order valence-electron chi connectivity index (χ2n) is 2.98. The van der Waals surface area contributed by atoms with Crippen molar-refractivity contribution in [2.24, 2.45) is 0 Å². The second-order valence-corrected chi connectivity index (χ2v) is 3.89. The highest BCUT2D eigenvalue weighted by atomic mass is 79.9. The van der Waals surface area contributed by atoms with E-state index < -0.39 is 11.8 Å². The van der Waals surface area contributed by atoms with Crippen molar-refractivity contribution in [1.29, 1.82) is 0 Å². The summed E-state index contributed by atoms with van der Waals surface area (Å²) in [5, 5.41) is 0. The molecule has 0 spiro atoms. The lowest BCUT2D eigenvalue weighted by molar-refractivity contribution is -0.134. The van der Waals surface area contributed by atoms with Gasteiger partial charge in [0.25, 0.3) is 0 Å². The van der Waals surface area contributed by atoms with Crippen LogP contribution in [0.3, 0.4) is 0 Å². The van der Waals surface area contributed by atoms with Gasteiger partial charge in [0.05, 0.1) is 6.61 Å². The smallest absolute Gasteiger partial charge is 0.311 e. The Labute approximate surface area is 102 Å². The van der Waals surface area contributed by atoms with Crippen LogP contribution in [0.4, 0.5) is 4.39 Å². The predicted octanol–water partition coefficient (Wildman–Crippen LogP) is 3.30. The van der Waals surface area contributed by atoms with E-state index in [2.05, 4.69) is 15.9 Å². The number of hydrogen-bond donors (Lipinski definition) is 0. The molecule has 1 aromatic rings. The van der Waals surface area contributed by atoms with E-state index in [4.69, 9.17) is 9.47 Å². The average molecular weight is 291 g/mol. The summed E-state index contributed by atoms with van der Waals surface area (Å²) in [6.45, 7) is 3.77. The third-order valence-corrected chi connectivity index (χ3v) is 2.24. The van der Waals surface area contributed by atoms with Crippen LogP contribution in [0.2, 0.25) is 0 Å². The summed E-state index contributed by atoms with van der Waals surface area (Å²) in [5.74, 6) is -1.06. The molecule has 5 heteroatoms. The molecule has 0 bridgehead atoms.